The summed E-state index contributed by atoms with van der Waals surface area (Å²) in [7, 11) is 1.67. The second kappa shape index (κ2) is 8.17. The first-order valence-electron chi connectivity index (χ1n) is 9.08. The van der Waals surface area contributed by atoms with E-state index < -0.39 is 0 Å². The number of hydrogen-bond acceptors (Lipinski definition) is 4. The molecule has 1 aromatic carbocycles. The summed E-state index contributed by atoms with van der Waals surface area (Å²) in [6, 6.07) is 12.5. The van der Waals surface area contributed by atoms with Crippen LogP contribution < -0.4 is 0 Å². The number of aliphatic hydroxyl groups excluding tert-OH is 1. The Bertz CT molecular complexity index is 681. The zero-order valence-electron chi connectivity index (χ0n) is 15.3. The van der Waals surface area contributed by atoms with Crippen LogP contribution in [0.15, 0.2) is 40.8 Å². The number of hydrogen-bond donors (Lipinski definition) is 1. The van der Waals surface area contributed by atoms with Crippen LogP contribution >= 0.6 is 0 Å². The molecule has 1 N–H and O–H groups in total. The van der Waals surface area contributed by atoms with Gasteiger partial charge in [-0.2, -0.15) is 0 Å². The predicted octanol–water partition coefficient (Wildman–Crippen LogP) is 3.55. The van der Waals surface area contributed by atoms with Crippen LogP contribution in [0.4, 0.5) is 0 Å². The number of ether oxygens (including phenoxy) is 1. The SMILES string of the molecule is COCc1ccc(CN2CCC[C@@](CO)(Cc3ccccc3C)C2)o1. The minimum Gasteiger partial charge on any atom is -0.462 e. The maximum atomic E-state index is 10.2. The molecule has 0 spiro atoms. The van der Waals surface area contributed by atoms with Crippen molar-refractivity contribution in [3.8, 4) is 0 Å². The largest absolute Gasteiger partial charge is 0.462 e. The number of rotatable bonds is 7. The fourth-order valence-corrected chi connectivity index (χ4v) is 3.93. The van der Waals surface area contributed by atoms with Crippen LogP contribution in [0.3, 0.4) is 0 Å². The molecule has 0 unspecified atom stereocenters. The molecule has 2 aromatic rings. The van der Waals surface area contributed by atoms with Crippen molar-refractivity contribution in [3.63, 3.8) is 0 Å². The summed E-state index contributed by atoms with van der Waals surface area (Å²) in [5.74, 6) is 1.83. The van der Waals surface area contributed by atoms with Gasteiger partial charge in [-0.25, -0.2) is 0 Å². The van der Waals surface area contributed by atoms with E-state index in [1.165, 1.54) is 11.1 Å². The molecule has 0 radical (unpaired) electrons. The Kier molecular flexibility index (Phi) is 5.94. The van der Waals surface area contributed by atoms with E-state index in [2.05, 4.69) is 36.1 Å². The fraction of sp³-hybridized carbons (Fsp3) is 0.524. The Hall–Kier alpha value is -1.62. The van der Waals surface area contributed by atoms with Crippen LogP contribution in [-0.4, -0.2) is 36.8 Å². The topological polar surface area (TPSA) is 45.8 Å². The highest BCUT2D eigenvalue weighted by molar-refractivity contribution is 5.27. The van der Waals surface area contributed by atoms with E-state index >= 15 is 0 Å². The van der Waals surface area contributed by atoms with Gasteiger partial charge in [0.2, 0.25) is 0 Å². The standard InChI is InChI=1S/C21H29NO3/c1-17-6-3-4-7-18(17)12-21(16-23)10-5-11-22(15-21)13-19-8-9-20(25-19)14-24-2/h3-4,6-9,23H,5,10-16H2,1-2H3/t21-/m1/s1. The van der Waals surface area contributed by atoms with Crippen LogP contribution in [0.5, 0.6) is 0 Å². The van der Waals surface area contributed by atoms with Crippen molar-refractivity contribution in [1.82, 2.24) is 4.90 Å². The van der Waals surface area contributed by atoms with Crippen LogP contribution in [-0.2, 0) is 24.3 Å². The molecule has 1 fully saturated rings. The first kappa shape index (κ1) is 18.2. The summed E-state index contributed by atoms with van der Waals surface area (Å²) in [5.41, 5.74) is 2.59. The maximum Gasteiger partial charge on any atom is 0.129 e. The molecule has 1 aliphatic heterocycles. The van der Waals surface area contributed by atoms with E-state index in [1.807, 2.05) is 12.1 Å². The van der Waals surface area contributed by atoms with Gasteiger partial charge in [0.15, 0.2) is 0 Å². The van der Waals surface area contributed by atoms with Gasteiger partial charge in [0.05, 0.1) is 13.2 Å². The molecule has 0 saturated carbocycles. The molecule has 0 bridgehead atoms. The molecule has 2 heterocycles. The second-order valence-electron chi connectivity index (χ2n) is 7.38. The van der Waals surface area contributed by atoms with Gasteiger partial charge in [-0.1, -0.05) is 24.3 Å². The average Bonchev–Trinajstić information content (AvgIpc) is 3.05. The van der Waals surface area contributed by atoms with E-state index in [0.29, 0.717) is 6.61 Å². The van der Waals surface area contributed by atoms with Crippen LogP contribution in [0.25, 0.3) is 0 Å². The van der Waals surface area contributed by atoms with Gasteiger partial charge < -0.3 is 14.3 Å². The third-order valence-electron chi connectivity index (χ3n) is 5.29. The molecule has 1 atom stereocenters. The smallest absolute Gasteiger partial charge is 0.129 e. The number of piperidine rings is 1. The molecular weight excluding hydrogens is 314 g/mol. The van der Waals surface area contributed by atoms with E-state index in [4.69, 9.17) is 9.15 Å². The summed E-state index contributed by atoms with van der Waals surface area (Å²) >= 11 is 0. The lowest BCUT2D eigenvalue weighted by Crippen LogP contribution is -2.46. The van der Waals surface area contributed by atoms with E-state index in [9.17, 15) is 5.11 Å². The van der Waals surface area contributed by atoms with Gasteiger partial charge >= 0.3 is 0 Å². The number of furan rings is 1. The molecule has 4 nitrogen and oxygen atoms in total. The first-order chi connectivity index (χ1) is 12.1. The third kappa shape index (κ3) is 4.51. The third-order valence-corrected chi connectivity index (χ3v) is 5.29. The zero-order chi connectivity index (χ0) is 17.7. The number of aryl methyl sites for hydroxylation is 1. The summed E-state index contributed by atoms with van der Waals surface area (Å²) in [5, 5.41) is 10.2. The fourth-order valence-electron chi connectivity index (χ4n) is 3.93. The lowest BCUT2D eigenvalue weighted by atomic mass is 9.75. The van der Waals surface area contributed by atoms with Gasteiger partial charge in [0, 0.05) is 19.1 Å². The van der Waals surface area contributed by atoms with Crippen molar-refractivity contribution in [2.75, 3.05) is 26.8 Å². The minimum absolute atomic E-state index is 0.0632. The highest BCUT2D eigenvalue weighted by Gasteiger charge is 2.35. The minimum atomic E-state index is -0.0632. The van der Waals surface area contributed by atoms with Crippen LogP contribution in [0.1, 0.15) is 35.5 Å². The lowest BCUT2D eigenvalue weighted by molar-refractivity contribution is 0.0256. The van der Waals surface area contributed by atoms with Gasteiger partial charge in [0.1, 0.15) is 18.1 Å². The first-order valence-corrected chi connectivity index (χ1v) is 9.08. The quantitative estimate of drug-likeness (QED) is 0.835. The van der Waals surface area contributed by atoms with Gasteiger partial charge in [-0.15, -0.1) is 0 Å². The highest BCUT2D eigenvalue weighted by atomic mass is 16.5. The highest BCUT2D eigenvalue weighted by Crippen LogP contribution is 2.34. The van der Waals surface area contributed by atoms with Crippen molar-refractivity contribution < 1.29 is 14.3 Å². The monoisotopic (exact) mass is 343 g/mol. The molecule has 1 aliphatic rings. The van der Waals surface area contributed by atoms with Gasteiger partial charge in [-0.3, -0.25) is 4.90 Å². The molecule has 25 heavy (non-hydrogen) atoms. The van der Waals surface area contributed by atoms with E-state index in [0.717, 1.165) is 50.4 Å². The number of nitrogens with zero attached hydrogens (tertiary/aromatic N) is 1. The molecular formula is C21H29NO3. The summed E-state index contributed by atoms with van der Waals surface area (Å²) in [6.45, 7) is 5.63. The van der Waals surface area contributed by atoms with Crippen molar-refractivity contribution in [2.45, 2.75) is 39.3 Å². The molecule has 1 aromatic heterocycles. The predicted molar refractivity (Wildman–Crippen MR) is 98.3 cm³/mol. The Morgan fingerprint density at radius 1 is 1.20 bits per heavy atom. The van der Waals surface area contributed by atoms with Crippen molar-refractivity contribution in [2.24, 2.45) is 5.41 Å². The van der Waals surface area contributed by atoms with E-state index in [-0.39, 0.29) is 12.0 Å². The molecule has 3 rings (SSSR count). The number of likely N-dealkylation sites (tertiary alicyclic amines) is 1. The molecule has 0 amide bonds. The summed E-state index contributed by atoms with van der Waals surface area (Å²) in [6.07, 6.45) is 3.11. The molecule has 0 aliphatic carbocycles. The Morgan fingerprint density at radius 2 is 2.00 bits per heavy atom. The Labute approximate surface area is 150 Å². The number of methoxy groups -OCH3 is 1. The second-order valence-corrected chi connectivity index (χ2v) is 7.38. The van der Waals surface area contributed by atoms with Crippen LogP contribution in [0, 0.1) is 12.3 Å². The van der Waals surface area contributed by atoms with Crippen molar-refractivity contribution in [1.29, 1.82) is 0 Å². The Balaban J connectivity index is 1.68. The molecule has 1 saturated heterocycles. The Morgan fingerprint density at radius 3 is 2.76 bits per heavy atom. The van der Waals surface area contributed by atoms with Crippen LogP contribution in [0.2, 0.25) is 0 Å². The maximum absolute atomic E-state index is 10.2. The average molecular weight is 343 g/mol. The summed E-state index contributed by atoms with van der Waals surface area (Å²) in [4.78, 5) is 2.41. The van der Waals surface area contributed by atoms with Gasteiger partial charge in [0.25, 0.3) is 0 Å². The van der Waals surface area contributed by atoms with E-state index in [1.54, 1.807) is 7.11 Å². The summed E-state index contributed by atoms with van der Waals surface area (Å²) < 4.78 is 11.0. The normalized spacial score (nSPS) is 21.6. The lowest BCUT2D eigenvalue weighted by Gasteiger charge is -2.42. The number of benzene rings is 1. The zero-order valence-corrected chi connectivity index (χ0v) is 15.3. The van der Waals surface area contributed by atoms with Crippen molar-refractivity contribution >= 4 is 0 Å². The molecule has 136 valence electrons. The number of aliphatic hydroxyl groups is 1. The van der Waals surface area contributed by atoms with Crippen molar-refractivity contribution in [3.05, 3.63) is 59.0 Å². The van der Waals surface area contributed by atoms with Gasteiger partial charge in [-0.05, 0) is 56.0 Å². The molecule has 4 heteroatoms.